The molecule has 0 unspecified atom stereocenters. The molecular formula is C13H18N2O2S2. The molecule has 0 bridgehead atoms. The lowest BCUT2D eigenvalue weighted by Gasteiger charge is -2.15. The summed E-state index contributed by atoms with van der Waals surface area (Å²) in [4.78, 5) is 4.49. The van der Waals surface area contributed by atoms with Gasteiger partial charge in [0.25, 0.3) is 0 Å². The fraction of sp³-hybridized carbons (Fsp3) is 0.462. The first-order valence-electron chi connectivity index (χ1n) is 6.23. The summed E-state index contributed by atoms with van der Waals surface area (Å²) in [5.41, 5.74) is 1.07. The van der Waals surface area contributed by atoms with Gasteiger partial charge in [-0.3, -0.25) is 0 Å². The summed E-state index contributed by atoms with van der Waals surface area (Å²) in [5.74, 6) is 0.797. The van der Waals surface area contributed by atoms with E-state index in [1.807, 2.05) is 6.92 Å². The van der Waals surface area contributed by atoms with Crippen LogP contribution in [0.3, 0.4) is 0 Å². The van der Waals surface area contributed by atoms with Gasteiger partial charge in [-0.15, -0.1) is 11.8 Å². The maximum atomic E-state index is 12.3. The number of thioether (sulfide) groups is 1. The van der Waals surface area contributed by atoms with Crippen molar-refractivity contribution in [1.29, 1.82) is 0 Å². The second kappa shape index (κ2) is 6.07. The van der Waals surface area contributed by atoms with Crippen molar-refractivity contribution in [3.8, 4) is 0 Å². The van der Waals surface area contributed by atoms with Crippen LogP contribution in [0.4, 0.5) is 0 Å². The molecule has 1 aliphatic rings. The van der Waals surface area contributed by atoms with Crippen LogP contribution in [0.25, 0.3) is 0 Å². The lowest BCUT2D eigenvalue weighted by atomic mass is 10.4. The fourth-order valence-corrected chi connectivity index (χ4v) is 4.03. The molecule has 104 valence electrons. The highest BCUT2D eigenvalue weighted by Gasteiger charge is 2.27. The molecule has 0 atom stereocenters. The molecule has 19 heavy (non-hydrogen) atoms. The van der Waals surface area contributed by atoms with Crippen LogP contribution in [0.2, 0.25) is 0 Å². The van der Waals surface area contributed by atoms with Crippen LogP contribution >= 0.6 is 11.8 Å². The van der Waals surface area contributed by atoms with Gasteiger partial charge in [0.05, 0.1) is 5.03 Å². The van der Waals surface area contributed by atoms with Gasteiger partial charge in [0.1, 0.15) is 4.90 Å². The van der Waals surface area contributed by atoms with Crippen LogP contribution in [0, 0.1) is 0 Å². The number of hydrogen-bond acceptors (Lipinski definition) is 4. The number of pyridine rings is 1. The number of aromatic nitrogens is 1. The summed E-state index contributed by atoms with van der Waals surface area (Å²) >= 11 is 1.56. The molecule has 2 heterocycles. The van der Waals surface area contributed by atoms with E-state index in [4.69, 9.17) is 0 Å². The minimum Gasteiger partial charge on any atom is -0.249 e. The molecule has 0 N–H and O–H groups in total. The van der Waals surface area contributed by atoms with Crippen molar-refractivity contribution >= 4 is 21.8 Å². The van der Waals surface area contributed by atoms with Crippen molar-refractivity contribution in [2.24, 2.45) is 0 Å². The van der Waals surface area contributed by atoms with E-state index in [-0.39, 0.29) is 4.90 Å². The van der Waals surface area contributed by atoms with Crippen LogP contribution in [-0.2, 0) is 10.0 Å². The number of nitrogens with zero attached hydrogens (tertiary/aromatic N) is 2. The van der Waals surface area contributed by atoms with Crippen LogP contribution in [-0.4, -0.2) is 36.5 Å². The minimum absolute atomic E-state index is 0.286. The van der Waals surface area contributed by atoms with Crippen LogP contribution < -0.4 is 0 Å². The maximum Gasteiger partial charge on any atom is 0.244 e. The predicted molar refractivity (Wildman–Crippen MR) is 77.8 cm³/mol. The Morgan fingerprint density at radius 3 is 2.63 bits per heavy atom. The van der Waals surface area contributed by atoms with Gasteiger partial charge in [0.15, 0.2) is 0 Å². The van der Waals surface area contributed by atoms with E-state index in [1.165, 1.54) is 10.5 Å². The van der Waals surface area contributed by atoms with Gasteiger partial charge < -0.3 is 0 Å². The van der Waals surface area contributed by atoms with Crippen LogP contribution in [0.5, 0.6) is 0 Å². The highest BCUT2D eigenvalue weighted by atomic mass is 32.2. The minimum atomic E-state index is -3.34. The van der Waals surface area contributed by atoms with Gasteiger partial charge in [0, 0.05) is 25.0 Å². The van der Waals surface area contributed by atoms with E-state index in [1.54, 1.807) is 23.9 Å². The molecule has 0 spiro atoms. The number of sulfonamides is 1. The molecule has 0 saturated carbocycles. The topological polar surface area (TPSA) is 50.3 Å². The molecule has 1 fully saturated rings. The Labute approximate surface area is 119 Å². The van der Waals surface area contributed by atoms with Crippen molar-refractivity contribution in [1.82, 2.24) is 9.29 Å². The molecule has 4 nitrogen and oxygen atoms in total. The third-order valence-electron chi connectivity index (χ3n) is 2.88. The summed E-state index contributed by atoms with van der Waals surface area (Å²) in [6.45, 7) is 7.02. The quantitative estimate of drug-likeness (QED) is 0.619. The van der Waals surface area contributed by atoms with Crippen molar-refractivity contribution in [2.45, 2.75) is 29.7 Å². The first kappa shape index (κ1) is 14.6. The molecule has 6 heteroatoms. The normalized spacial score (nSPS) is 16.7. The van der Waals surface area contributed by atoms with Crippen molar-refractivity contribution in [2.75, 3.05) is 18.8 Å². The molecule has 1 aliphatic heterocycles. The van der Waals surface area contributed by atoms with Crippen molar-refractivity contribution < 1.29 is 8.42 Å². The van der Waals surface area contributed by atoms with E-state index in [9.17, 15) is 8.42 Å². The SMILES string of the molecule is C=C(C)CSc1ccc(S(=O)(=O)N2CCCC2)cn1. The van der Waals surface area contributed by atoms with Gasteiger partial charge in [0.2, 0.25) is 10.0 Å². The molecule has 1 saturated heterocycles. The maximum absolute atomic E-state index is 12.3. The van der Waals surface area contributed by atoms with Gasteiger partial charge in [-0.1, -0.05) is 12.2 Å². The second-order valence-corrected chi connectivity index (χ2v) is 7.62. The molecular weight excluding hydrogens is 280 g/mol. The Morgan fingerprint density at radius 2 is 2.11 bits per heavy atom. The van der Waals surface area contributed by atoms with E-state index >= 15 is 0 Å². The molecule has 2 rings (SSSR count). The lowest BCUT2D eigenvalue weighted by molar-refractivity contribution is 0.477. The van der Waals surface area contributed by atoms with Gasteiger partial charge in [-0.25, -0.2) is 13.4 Å². The zero-order chi connectivity index (χ0) is 13.9. The third kappa shape index (κ3) is 3.58. The highest BCUT2D eigenvalue weighted by Crippen LogP contribution is 2.23. The van der Waals surface area contributed by atoms with Crippen LogP contribution in [0.1, 0.15) is 19.8 Å². The molecule has 0 aliphatic carbocycles. The Kier molecular flexibility index (Phi) is 4.65. The van der Waals surface area contributed by atoms with E-state index in [0.717, 1.165) is 29.2 Å². The first-order chi connectivity index (χ1) is 9.00. The Balaban J connectivity index is 2.11. The molecule has 0 radical (unpaired) electrons. The second-order valence-electron chi connectivity index (χ2n) is 4.69. The van der Waals surface area contributed by atoms with Crippen molar-refractivity contribution in [3.63, 3.8) is 0 Å². The lowest BCUT2D eigenvalue weighted by Crippen LogP contribution is -2.27. The summed E-state index contributed by atoms with van der Waals surface area (Å²) in [6.07, 6.45) is 3.34. The standard InChI is InChI=1S/C13H18N2O2S2/c1-11(2)10-18-13-6-5-12(9-14-13)19(16,17)15-7-3-4-8-15/h5-6,9H,1,3-4,7-8,10H2,2H3. The monoisotopic (exact) mass is 298 g/mol. The molecule has 0 aromatic carbocycles. The summed E-state index contributed by atoms with van der Waals surface area (Å²) < 4.78 is 26.1. The van der Waals surface area contributed by atoms with Gasteiger partial charge in [-0.2, -0.15) is 4.31 Å². The van der Waals surface area contributed by atoms with E-state index < -0.39 is 10.0 Å². The van der Waals surface area contributed by atoms with E-state index in [0.29, 0.717) is 13.1 Å². The summed E-state index contributed by atoms with van der Waals surface area (Å²) in [5, 5.41) is 0.823. The summed E-state index contributed by atoms with van der Waals surface area (Å²) in [6, 6.07) is 3.40. The van der Waals surface area contributed by atoms with Gasteiger partial charge in [-0.05, 0) is 31.9 Å². The van der Waals surface area contributed by atoms with Crippen molar-refractivity contribution in [3.05, 3.63) is 30.5 Å². The Hall–Kier alpha value is -0.850. The summed E-state index contributed by atoms with van der Waals surface area (Å²) in [7, 11) is -3.34. The van der Waals surface area contributed by atoms with Crippen LogP contribution in [0.15, 0.2) is 40.4 Å². The third-order valence-corrected chi connectivity index (χ3v) is 5.94. The average Bonchev–Trinajstić information content (AvgIpc) is 2.91. The fourth-order valence-electron chi connectivity index (χ4n) is 1.88. The molecule has 1 aromatic heterocycles. The predicted octanol–water partition coefficient (Wildman–Crippen LogP) is 2.53. The number of rotatable bonds is 5. The highest BCUT2D eigenvalue weighted by molar-refractivity contribution is 7.99. The number of hydrogen-bond donors (Lipinski definition) is 0. The Morgan fingerprint density at radius 1 is 1.42 bits per heavy atom. The van der Waals surface area contributed by atoms with E-state index in [2.05, 4.69) is 11.6 Å². The zero-order valence-corrected chi connectivity index (χ0v) is 12.6. The largest absolute Gasteiger partial charge is 0.249 e. The van der Waals surface area contributed by atoms with Gasteiger partial charge >= 0.3 is 0 Å². The molecule has 1 aromatic rings. The zero-order valence-electron chi connectivity index (χ0n) is 11.0. The Bertz CT molecular complexity index is 547. The average molecular weight is 298 g/mol. The first-order valence-corrected chi connectivity index (χ1v) is 8.66. The molecule has 0 amide bonds. The smallest absolute Gasteiger partial charge is 0.244 e.